The summed E-state index contributed by atoms with van der Waals surface area (Å²) in [5.41, 5.74) is -0.342. The predicted molar refractivity (Wildman–Crippen MR) is 96.0 cm³/mol. The van der Waals surface area contributed by atoms with Crippen molar-refractivity contribution < 1.29 is 14.4 Å². The molecule has 0 fully saturated rings. The number of hydrogen-bond donors (Lipinski definition) is 0. The molecule has 0 aliphatic rings. The number of nitro benzene ring substituents is 2. The van der Waals surface area contributed by atoms with Crippen LogP contribution in [0.15, 0.2) is 48.5 Å². The number of non-ortho nitro benzene ring substituents is 2. The van der Waals surface area contributed by atoms with Crippen LogP contribution in [-0.4, -0.2) is 27.6 Å². The Kier molecular flexibility index (Phi) is 5.66. The molecule has 8 nitrogen and oxygen atoms in total. The summed E-state index contributed by atoms with van der Waals surface area (Å²) in [4.78, 5) is 21.1. The predicted octanol–water partition coefficient (Wildman–Crippen LogP) is 3.07. The molecule has 0 amide bonds. The van der Waals surface area contributed by atoms with E-state index in [9.17, 15) is 24.8 Å². The van der Waals surface area contributed by atoms with Gasteiger partial charge in [0.2, 0.25) is 7.29 Å². The summed E-state index contributed by atoms with van der Waals surface area (Å²) in [5.74, 6) is 0. The molecule has 0 unspecified atom stereocenters. The van der Waals surface area contributed by atoms with Crippen molar-refractivity contribution in [2.45, 2.75) is 13.8 Å². The second-order valence-electron chi connectivity index (χ2n) is 5.27. The zero-order chi connectivity index (χ0) is 18.6. The van der Waals surface area contributed by atoms with Crippen molar-refractivity contribution in [1.82, 2.24) is 4.67 Å². The van der Waals surface area contributed by atoms with Crippen LogP contribution in [0, 0.1) is 20.2 Å². The molecule has 2 rings (SSSR count). The Bertz CT molecular complexity index is 790. The van der Waals surface area contributed by atoms with Crippen LogP contribution >= 0.6 is 7.29 Å². The highest BCUT2D eigenvalue weighted by Gasteiger charge is 2.35. The minimum Gasteiger partial charge on any atom is -0.296 e. The van der Waals surface area contributed by atoms with Gasteiger partial charge in [0.1, 0.15) is 0 Å². The van der Waals surface area contributed by atoms with Gasteiger partial charge < -0.3 is 0 Å². The first kappa shape index (κ1) is 18.8. The van der Waals surface area contributed by atoms with Gasteiger partial charge in [-0.3, -0.25) is 24.8 Å². The van der Waals surface area contributed by atoms with Gasteiger partial charge in [-0.2, -0.15) is 0 Å². The molecule has 0 bridgehead atoms. The van der Waals surface area contributed by atoms with Crippen LogP contribution in [0.1, 0.15) is 13.8 Å². The highest BCUT2D eigenvalue weighted by Crippen LogP contribution is 2.48. The number of rotatable bonds is 7. The first-order chi connectivity index (χ1) is 11.8. The summed E-state index contributed by atoms with van der Waals surface area (Å²) in [6.45, 7) is 4.51. The average Bonchev–Trinajstić information content (AvgIpc) is 2.62. The fourth-order valence-electron chi connectivity index (χ4n) is 2.69. The molecule has 2 aromatic carbocycles. The lowest BCUT2D eigenvalue weighted by Crippen LogP contribution is -2.32. The van der Waals surface area contributed by atoms with Gasteiger partial charge in [-0.25, -0.2) is 4.67 Å². The molecule has 25 heavy (non-hydrogen) atoms. The summed E-state index contributed by atoms with van der Waals surface area (Å²) in [7, 11) is -3.44. The standard InChI is InChI=1S/C16H18N3O5P/c1-3-17(4-2)25(24,15-9-5-7-13(11-15)18(20)21)16-10-6-8-14(12-16)19(22)23/h5-12H,3-4H2,1-2H3. The van der Waals surface area contributed by atoms with Crippen LogP contribution < -0.4 is 10.6 Å². The first-order valence-electron chi connectivity index (χ1n) is 7.70. The third-order valence-corrected chi connectivity index (χ3v) is 7.23. The molecule has 0 heterocycles. The first-order valence-corrected chi connectivity index (χ1v) is 9.36. The zero-order valence-corrected chi connectivity index (χ0v) is 14.8. The highest BCUT2D eigenvalue weighted by molar-refractivity contribution is 7.76. The monoisotopic (exact) mass is 363 g/mol. The Morgan fingerprint density at radius 3 is 1.60 bits per heavy atom. The van der Waals surface area contributed by atoms with E-state index in [0.29, 0.717) is 13.1 Å². The molecule has 2 aromatic rings. The van der Waals surface area contributed by atoms with Crippen molar-refractivity contribution in [3.63, 3.8) is 0 Å². The van der Waals surface area contributed by atoms with Gasteiger partial charge in [-0.1, -0.05) is 26.0 Å². The Morgan fingerprint density at radius 2 is 1.28 bits per heavy atom. The van der Waals surface area contributed by atoms with E-state index < -0.39 is 17.1 Å². The van der Waals surface area contributed by atoms with Crippen LogP contribution in [0.5, 0.6) is 0 Å². The molecule has 0 spiro atoms. The quantitative estimate of drug-likeness (QED) is 0.425. The molecule has 0 N–H and O–H groups in total. The maximum atomic E-state index is 14.0. The molecule has 0 atom stereocenters. The molecule has 132 valence electrons. The Hall–Kier alpha value is -2.57. The van der Waals surface area contributed by atoms with Crippen molar-refractivity contribution in [2.75, 3.05) is 13.1 Å². The van der Waals surface area contributed by atoms with Crippen LogP contribution in [0.4, 0.5) is 11.4 Å². The lowest BCUT2D eigenvalue weighted by Gasteiger charge is -2.30. The van der Waals surface area contributed by atoms with E-state index >= 15 is 0 Å². The molecule has 0 aliphatic carbocycles. The number of benzene rings is 2. The number of hydrogen-bond acceptors (Lipinski definition) is 5. The van der Waals surface area contributed by atoms with E-state index in [-0.39, 0.29) is 22.0 Å². The summed E-state index contributed by atoms with van der Waals surface area (Å²) >= 11 is 0. The SMILES string of the molecule is CCN(CC)P(=O)(c1cccc([N+](=O)[O-])c1)c1cccc([N+](=O)[O-])c1. The lowest BCUT2D eigenvalue weighted by atomic mass is 10.3. The van der Waals surface area contributed by atoms with Crippen LogP contribution in [0.25, 0.3) is 0 Å². The van der Waals surface area contributed by atoms with Gasteiger partial charge in [0.15, 0.2) is 0 Å². The molecule has 0 radical (unpaired) electrons. The average molecular weight is 363 g/mol. The van der Waals surface area contributed by atoms with Gasteiger partial charge in [0.05, 0.1) is 9.85 Å². The van der Waals surface area contributed by atoms with Crippen LogP contribution in [0.2, 0.25) is 0 Å². The molecule has 0 saturated heterocycles. The van der Waals surface area contributed by atoms with E-state index in [1.165, 1.54) is 36.4 Å². The normalized spacial score (nSPS) is 11.5. The number of nitrogens with zero attached hydrogens (tertiary/aromatic N) is 3. The Labute approximate surface area is 144 Å². The van der Waals surface area contributed by atoms with Gasteiger partial charge in [-0.05, 0) is 12.1 Å². The van der Waals surface area contributed by atoms with Crippen LogP contribution in [0.3, 0.4) is 0 Å². The molecular formula is C16H18N3O5P. The van der Waals surface area contributed by atoms with E-state index in [4.69, 9.17) is 0 Å². The number of nitro groups is 2. The minimum atomic E-state index is -3.44. The van der Waals surface area contributed by atoms with Crippen molar-refractivity contribution in [1.29, 1.82) is 0 Å². The second kappa shape index (κ2) is 7.55. The minimum absolute atomic E-state index is 0.171. The summed E-state index contributed by atoms with van der Waals surface area (Å²) in [5, 5.41) is 22.7. The lowest BCUT2D eigenvalue weighted by molar-refractivity contribution is -0.384. The molecule has 0 aromatic heterocycles. The van der Waals surface area contributed by atoms with Gasteiger partial charge in [0, 0.05) is 48.0 Å². The molecular weight excluding hydrogens is 345 g/mol. The van der Waals surface area contributed by atoms with Gasteiger partial charge in [-0.15, -0.1) is 0 Å². The fourth-order valence-corrected chi connectivity index (χ4v) is 5.63. The van der Waals surface area contributed by atoms with Crippen molar-refractivity contribution >= 4 is 29.3 Å². The third-order valence-electron chi connectivity index (χ3n) is 3.91. The molecule has 0 aliphatic heterocycles. The van der Waals surface area contributed by atoms with E-state index in [1.807, 2.05) is 13.8 Å². The Balaban J connectivity index is 2.73. The second-order valence-corrected chi connectivity index (χ2v) is 8.02. The van der Waals surface area contributed by atoms with Crippen molar-refractivity contribution in [3.8, 4) is 0 Å². The van der Waals surface area contributed by atoms with Crippen molar-refractivity contribution in [3.05, 3.63) is 68.8 Å². The summed E-state index contributed by atoms with van der Waals surface area (Å²) in [6.07, 6.45) is 0. The largest absolute Gasteiger partial charge is 0.296 e. The maximum Gasteiger partial charge on any atom is 0.270 e. The summed E-state index contributed by atoms with van der Waals surface area (Å²) < 4.78 is 15.7. The van der Waals surface area contributed by atoms with Crippen molar-refractivity contribution in [2.24, 2.45) is 0 Å². The van der Waals surface area contributed by atoms with Crippen LogP contribution in [-0.2, 0) is 4.57 Å². The van der Waals surface area contributed by atoms with Gasteiger partial charge >= 0.3 is 0 Å². The molecule has 0 saturated carbocycles. The topological polar surface area (TPSA) is 107 Å². The maximum absolute atomic E-state index is 14.0. The highest BCUT2D eigenvalue weighted by atomic mass is 31.2. The Morgan fingerprint density at radius 1 is 0.880 bits per heavy atom. The van der Waals surface area contributed by atoms with E-state index in [2.05, 4.69) is 0 Å². The van der Waals surface area contributed by atoms with E-state index in [1.54, 1.807) is 16.8 Å². The van der Waals surface area contributed by atoms with Gasteiger partial charge in [0.25, 0.3) is 11.4 Å². The third kappa shape index (κ3) is 3.60. The zero-order valence-electron chi connectivity index (χ0n) is 13.9. The molecule has 9 heteroatoms. The summed E-state index contributed by atoms with van der Waals surface area (Å²) in [6, 6.07) is 11.3. The fraction of sp³-hybridized carbons (Fsp3) is 0.250. The smallest absolute Gasteiger partial charge is 0.270 e. The van der Waals surface area contributed by atoms with E-state index in [0.717, 1.165) is 0 Å².